The molecule has 0 N–H and O–H groups in total. The molecule has 28 heavy (non-hydrogen) atoms. The molecule has 0 atom stereocenters. The van der Waals surface area contributed by atoms with Crippen LogP contribution in [-0.2, 0) is 0 Å². The lowest BCUT2D eigenvalue weighted by atomic mass is 9.91. The Morgan fingerprint density at radius 2 is 1.82 bits per heavy atom. The maximum atomic E-state index is 13.0. The van der Waals surface area contributed by atoms with Gasteiger partial charge >= 0.3 is 0 Å². The topological polar surface area (TPSA) is 37.7 Å². The number of nitrogens with zero attached hydrogens (tertiary/aromatic N) is 3. The summed E-state index contributed by atoms with van der Waals surface area (Å²) in [5.74, 6) is 0.937. The summed E-state index contributed by atoms with van der Waals surface area (Å²) in [7, 11) is 0. The number of rotatable bonds is 2. The van der Waals surface area contributed by atoms with Crippen molar-refractivity contribution in [2.45, 2.75) is 64.3 Å². The predicted molar refractivity (Wildman–Crippen MR) is 113 cm³/mol. The quantitative estimate of drug-likeness (QED) is 0.757. The van der Waals surface area contributed by atoms with Gasteiger partial charge in [-0.25, -0.2) is 0 Å². The molecule has 3 heterocycles. The lowest BCUT2D eigenvalue weighted by Crippen LogP contribution is -2.40. The molecule has 0 spiro atoms. The van der Waals surface area contributed by atoms with Crippen molar-refractivity contribution in [2.24, 2.45) is 5.92 Å². The smallest absolute Gasteiger partial charge is 0.253 e. The van der Waals surface area contributed by atoms with Crippen molar-refractivity contribution in [2.75, 3.05) is 26.2 Å². The molecule has 3 aliphatic heterocycles. The van der Waals surface area contributed by atoms with Crippen LogP contribution in [0.15, 0.2) is 23.9 Å². The molecule has 0 unspecified atom stereocenters. The monoisotopic (exact) mass is 378 g/mol. The van der Waals surface area contributed by atoms with Crippen LogP contribution in [0.1, 0.15) is 74.2 Å². The molecule has 0 bridgehead atoms. The number of amides is 1. The standard InChI is InChI=1S/C24H32N3O/c1-17-9-12-26(13-10-17)24(28)18-7-8-22-20(15-18)21-16-27(14-11-23(21)25-22)19-5-3-2-4-6-19/h7-8,15,17,19H,2-6,9-14,16H2,1H3. The van der Waals surface area contributed by atoms with Gasteiger partial charge in [0.2, 0.25) is 0 Å². The summed E-state index contributed by atoms with van der Waals surface area (Å²) in [6.07, 6.45) is 10.1. The summed E-state index contributed by atoms with van der Waals surface area (Å²) in [5.41, 5.74) is 5.77. The normalized spacial score (nSPS) is 24.1. The van der Waals surface area contributed by atoms with Gasteiger partial charge in [0.25, 0.3) is 5.91 Å². The van der Waals surface area contributed by atoms with E-state index in [1.54, 1.807) is 0 Å². The van der Waals surface area contributed by atoms with Crippen molar-refractivity contribution < 1.29 is 4.79 Å². The maximum absolute atomic E-state index is 13.0. The molecule has 4 nitrogen and oxygen atoms in total. The maximum Gasteiger partial charge on any atom is 0.253 e. The number of fused-ring (bicyclic) bond motifs is 2. The number of likely N-dealkylation sites (tertiary alicyclic amines) is 1. The third kappa shape index (κ3) is 3.36. The molecule has 1 saturated carbocycles. The molecule has 1 saturated heterocycles. The summed E-state index contributed by atoms with van der Waals surface area (Å²) in [5, 5.41) is 4.90. The van der Waals surface area contributed by atoms with Crippen LogP contribution in [0, 0.1) is 5.92 Å². The highest BCUT2D eigenvalue weighted by atomic mass is 16.2. The average molecular weight is 379 g/mol. The minimum Gasteiger partial charge on any atom is -0.339 e. The predicted octanol–water partition coefficient (Wildman–Crippen LogP) is 4.56. The Bertz CT molecular complexity index is 785. The Balaban J connectivity index is 1.35. The van der Waals surface area contributed by atoms with Crippen molar-refractivity contribution in [1.29, 1.82) is 0 Å². The van der Waals surface area contributed by atoms with Crippen LogP contribution in [0.5, 0.6) is 0 Å². The fourth-order valence-electron chi connectivity index (χ4n) is 5.44. The van der Waals surface area contributed by atoms with Crippen molar-refractivity contribution in [3.8, 4) is 0 Å². The van der Waals surface area contributed by atoms with E-state index < -0.39 is 0 Å². The molecular formula is C24H32N3O. The molecule has 149 valence electrons. The summed E-state index contributed by atoms with van der Waals surface area (Å²) >= 11 is 0. The molecule has 4 aliphatic rings. The molecule has 1 aromatic rings. The van der Waals surface area contributed by atoms with Gasteiger partial charge in [0, 0.05) is 55.5 Å². The van der Waals surface area contributed by atoms with Crippen LogP contribution in [0.2, 0.25) is 0 Å². The molecule has 1 aromatic carbocycles. The second-order valence-corrected chi connectivity index (χ2v) is 9.26. The Morgan fingerprint density at radius 1 is 1.04 bits per heavy atom. The van der Waals surface area contributed by atoms with Crippen LogP contribution in [0.25, 0.3) is 5.57 Å². The van der Waals surface area contributed by atoms with Crippen LogP contribution in [0.3, 0.4) is 0 Å². The van der Waals surface area contributed by atoms with Gasteiger partial charge in [0.05, 0.1) is 5.69 Å². The minimum atomic E-state index is 0.198. The van der Waals surface area contributed by atoms with Crippen molar-refractivity contribution in [3.63, 3.8) is 0 Å². The molecule has 2 fully saturated rings. The molecule has 4 heteroatoms. The van der Waals surface area contributed by atoms with Crippen molar-refractivity contribution >= 4 is 17.2 Å². The van der Waals surface area contributed by atoms with Gasteiger partial charge in [-0.05, 0) is 55.4 Å². The van der Waals surface area contributed by atoms with E-state index in [-0.39, 0.29) is 5.91 Å². The lowest BCUT2D eigenvalue weighted by Gasteiger charge is -2.37. The summed E-state index contributed by atoms with van der Waals surface area (Å²) < 4.78 is 0. The average Bonchev–Trinajstić information content (AvgIpc) is 3.11. The van der Waals surface area contributed by atoms with E-state index in [1.165, 1.54) is 48.9 Å². The number of hydrogen-bond acceptors (Lipinski definition) is 2. The van der Waals surface area contributed by atoms with Crippen molar-refractivity contribution in [1.82, 2.24) is 15.1 Å². The summed E-state index contributed by atoms with van der Waals surface area (Å²) in [4.78, 5) is 17.8. The number of hydrogen-bond donors (Lipinski definition) is 0. The zero-order chi connectivity index (χ0) is 19.1. The fraction of sp³-hybridized carbons (Fsp3) is 0.625. The van der Waals surface area contributed by atoms with Crippen LogP contribution in [0.4, 0.5) is 5.69 Å². The molecule has 1 radical (unpaired) electrons. The SMILES string of the molecule is CC1CCN(C(=O)c2ccc3c(c2)C2=C(CCN(C4CCCCC4)C2)[N]3)CC1. The van der Waals surface area contributed by atoms with E-state index in [2.05, 4.69) is 24.0 Å². The number of carbonyl (C=O) groups excluding carboxylic acids is 1. The highest BCUT2D eigenvalue weighted by Crippen LogP contribution is 2.40. The van der Waals surface area contributed by atoms with Gasteiger partial charge in [-0.2, -0.15) is 0 Å². The Labute approximate surface area is 169 Å². The molecule has 1 amide bonds. The highest BCUT2D eigenvalue weighted by molar-refractivity contribution is 5.97. The van der Waals surface area contributed by atoms with Gasteiger partial charge in [-0.3, -0.25) is 15.0 Å². The summed E-state index contributed by atoms with van der Waals surface area (Å²) in [6, 6.07) is 6.93. The van der Waals surface area contributed by atoms with E-state index in [0.717, 1.165) is 68.7 Å². The van der Waals surface area contributed by atoms with Crippen LogP contribution >= 0.6 is 0 Å². The van der Waals surface area contributed by atoms with Gasteiger partial charge in [0.1, 0.15) is 0 Å². The van der Waals surface area contributed by atoms with E-state index in [1.807, 2.05) is 11.0 Å². The van der Waals surface area contributed by atoms with Crippen LogP contribution < -0.4 is 5.32 Å². The lowest BCUT2D eigenvalue weighted by molar-refractivity contribution is 0.0697. The second kappa shape index (κ2) is 7.55. The van der Waals surface area contributed by atoms with Gasteiger partial charge < -0.3 is 4.90 Å². The Morgan fingerprint density at radius 3 is 2.61 bits per heavy atom. The largest absolute Gasteiger partial charge is 0.339 e. The van der Waals surface area contributed by atoms with E-state index in [9.17, 15) is 4.79 Å². The van der Waals surface area contributed by atoms with Crippen molar-refractivity contribution in [3.05, 3.63) is 35.0 Å². The first-order valence-corrected chi connectivity index (χ1v) is 11.3. The van der Waals surface area contributed by atoms with E-state index in [0.29, 0.717) is 0 Å². The van der Waals surface area contributed by atoms with Gasteiger partial charge in [0.15, 0.2) is 0 Å². The second-order valence-electron chi connectivity index (χ2n) is 9.26. The summed E-state index contributed by atoms with van der Waals surface area (Å²) in [6.45, 7) is 6.22. The van der Waals surface area contributed by atoms with E-state index >= 15 is 0 Å². The Hall–Kier alpha value is -1.81. The third-order valence-electron chi connectivity index (χ3n) is 7.33. The molecule has 0 aromatic heterocycles. The highest BCUT2D eigenvalue weighted by Gasteiger charge is 2.32. The number of piperidine rings is 1. The molecule has 5 rings (SSSR count). The zero-order valence-electron chi connectivity index (χ0n) is 17.1. The minimum absolute atomic E-state index is 0.198. The molecule has 1 aliphatic carbocycles. The molecular weight excluding hydrogens is 346 g/mol. The van der Waals surface area contributed by atoms with Crippen LogP contribution in [-0.4, -0.2) is 47.9 Å². The zero-order valence-corrected chi connectivity index (χ0v) is 17.1. The first-order valence-electron chi connectivity index (χ1n) is 11.3. The Kier molecular flexibility index (Phi) is 4.92. The van der Waals surface area contributed by atoms with Gasteiger partial charge in [-0.15, -0.1) is 0 Å². The van der Waals surface area contributed by atoms with Gasteiger partial charge in [-0.1, -0.05) is 26.2 Å². The fourth-order valence-corrected chi connectivity index (χ4v) is 5.44. The first kappa shape index (κ1) is 18.2. The third-order valence-corrected chi connectivity index (χ3v) is 7.33. The number of carbonyl (C=O) groups is 1. The number of benzene rings is 1. The van der Waals surface area contributed by atoms with E-state index in [4.69, 9.17) is 5.32 Å². The first-order chi connectivity index (χ1) is 13.7.